The van der Waals surface area contributed by atoms with Crippen molar-refractivity contribution >= 4 is 5.91 Å². The van der Waals surface area contributed by atoms with Crippen LogP contribution in [0.3, 0.4) is 0 Å². The van der Waals surface area contributed by atoms with Crippen LogP contribution in [0.2, 0.25) is 0 Å². The molecule has 0 saturated heterocycles. The molecule has 0 fully saturated rings. The Morgan fingerprint density at radius 3 is 2.42 bits per heavy atom. The highest BCUT2D eigenvalue weighted by molar-refractivity contribution is 5.79. The lowest BCUT2D eigenvalue weighted by atomic mass is 9.95. The number of carbonyl (C=O) groups excluding carboxylic acids is 1. The van der Waals surface area contributed by atoms with Crippen LogP contribution in [0, 0.1) is 5.92 Å². The second-order valence-corrected chi connectivity index (χ2v) is 6.72. The number of benzene rings is 2. The van der Waals surface area contributed by atoms with Crippen LogP contribution in [0.25, 0.3) is 0 Å². The predicted molar refractivity (Wildman–Crippen MR) is 99.9 cm³/mol. The van der Waals surface area contributed by atoms with Crippen LogP contribution in [0.15, 0.2) is 42.5 Å². The molecule has 1 heterocycles. The van der Waals surface area contributed by atoms with E-state index in [4.69, 9.17) is 14.2 Å². The van der Waals surface area contributed by atoms with Crippen LogP contribution in [-0.2, 0) is 11.2 Å². The zero-order chi connectivity index (χ0) is 18.5. The molecule has 0 bridgehead atoms. The highest BCUT2D eigenvalue weighted by Gasteiger charge is 2.21. The van der Waals surface area contributed by atoms with Crippen molar-refractivity contribution in [3.8, 4) is 17.2 Å². The van der Waals surface area contributed by atoms with Gasteiger partial charge in [-0.25, -0.2) is 0 Å². The molecule has 1 aliphatic rings. The number of hydrogen-bond donors (Lipinski definition) is 1. The zero-order valence-corrected chi connectivity index (χ0v) is 15.5. The van der Waals surface area contributed by atoms with Crippen molar-refractivity contribution in [1.29, 1.82) is 0 Å². The fraction of sp³-hybridized carbons (Fsp3) is 0.381. The lowest BCUT2D eigenvalue weighted by Crippen LogP contribution is -2.33. The number of nitrogens with one attached hydrogen (secondary N) is 1. The van der Waals surface area contributed by atoms with Gasteiger partial charge in [-0.3, -0.25) is 4.79 Å². The van der Waals surface area contributed by atoms with Gasteiger partial charge in [0.25, 0.3) is 0 Å². The number of rotatable bonds is 6. The first-order valence-electron chi connectivity index (χ1n) is 8.88. The summed E-state index contributed by atoms with van der Waals surface area (Å²) in [5.74, 6) is 2.52. The van der Waals surface area contributed by atoms with Gasteiger partial charge in [0.2, 0.25) is 5.91 Å². The summed E-state index contributed by atoms with van der Waals surface area (Å²) in [4.78, 5) is 12.5. The fourth-order valence-electron chi connectivity index (χ4n) is 3.04. The van der Waals surface area contributed by atoms with E-state index in [9.17, 15) is 4.79 Å². The van der Waals surface area contributed by atoms with Gasteiger partial charge < -0.3 is 19.5 Å². The molecule has 138 valence electrons. The Morgan fingerprint density at radius 2 is 1.77 bits per heavy atom. The smallest absolute Gasteiger partial charge is 0.224 e. The van der Waals surface area contributed by atoms with E-state index in [2.05, 4.69) is 19.2 Å². The van der Waals surface area contributed by atoms with Gasteiger partial charge in [-0.2, -0.15) is 0 Å². The molecule has 1 atom stereocenters. The lowest BCUT2D eigenvalue weighted by Gasteiger charge is -2.25. The Bertz CT molecular complexity index is 755. The summed E-state index contributed by atoms with van der Waals surface area (Å²) >= 11 is 0. The maximum atomic E-state index is 12.5. The highest BCUT2D eigenvalue weighted by atomic mass is 16.6. The third kappa shape index (κ3) is 4.28. The molecular formula is C21H25NO4. The van der Waals surface area contributed by atoms with Crippen molar-refractivity contribution in [2.75, 3.05) is 20.3 Å². The standard InChI is InChI=1S/C21H25NO4/c1-14(2)21(16-6-9-18-19(13-16)26-11-10-25-18)22-20(23)12-15-4-7-17(24-3)8-5-15/h4-9,13-14,21H,10-12H2,1-3H3,(H,22,23)/t21-/m1/s1. The lowest BCUT2D eigenvalue weighted by molar-refractivity contribution is -0.121. The van der Waals surface area contributed by atoms with Gasteiger partial charge in [0.1, 0.15) is 19.0 Å². The van der Waals surface area contributed by atoms with Crippen LogP contribution in [0.4, 0.5) is 0 Å². The molecular weight excluding hydrogens is 330 g/mol. The Morgan fingerprint density at radius 1 is 1.08 bits per heavy atom. The quantitative estimate of drug-likeness (QED) is 0.861. The first-order valence-corrected chi connectivity index (χ1v) is 8.88. The number of fused-ring (bicyclic) bond motifs is 1. The number of carbonyl (C=O) groups is 1. The third-order valence-electron chi connectivity index (χ3n) is 4.43. The van der Waals surface area contributed by atoms with Gasteiger partial charge in [0, 0.05) is 0 Å². The number of ether oxygens (including phenoxy) is 3. The maximum Gasteiger partial charge on any atom is 0.224 e. The predicted octanol–water partition coefficient (Wildman–Crippen LogP) is 3.52. The molecule has 1 aliphatic heterocycles. The van der Waals surface area contributed by atoms with Crippen LogP contribution in [-0.4, -0.2) is 26.2 Å². The van der Waals surface area contributed by atoms with E-state index in [1.165, 1.54) is 0 Å². The van der Waals surface area contributed by atoms with E-state index in [-0.39, 0.29) is 17.9 Å². The maximum absolute atomic E-state index is 12.5. The topological polar surface area (TPSA) is 56.8 Å². The summed E-state index contributed by atoms with van der Waals surface area (Å²) in [6.45, 7) is 5.30. The molecule has 0 spiro atoms. The Kier molecular flexibility index (Phi) is 5.66. The van der Waals surface area contributed by atoms with E-state index in [1.807, 2.05) is 42.5 Å². The van der Waals surface area contributed by atoms with Crippen molar-refractivity contribution in [3.05, 3.63) is 53.6 Å². The van der Waals surface area contributed by atoms with E-state index in [1.54, 1.807) is 7.11 Å². The SMILES string of the molecule is COc1ccc(CC(=O)N[C@@H](c2ccc3c(c2)OCCO3)C(C)C)cc1. The number of hydrogen-bond acceptors (Lipinski definition) is 4. The molecule has 2 aromatic rings. The summed E-state index contributed by atoms with van der Waals surface area (Å²) in [5.41, 5.74) is 1.97. The fourth-order valence-corrected chi connectivity index (χ4v) is 3.04. The van der Waals surface area contributed by atoms with Crippen molar-refractivity contribution < 1.29 is 19.0 Å². The molecule has 1 N–H and O–H groups in total. The summed E-state index contributed by atoms with van der Waals surface area (Å²) < 4.78 is 16.4. The molecule has 0 aromatic heterocycles. The third-order valence-corrected chi connectivity index (χ3v) is 4.43. The van der Waals surface area contributed by atoms with Gasteiger partial charge in [-0.1, -0.05) is 32.0 Å². The average Bonchev–Trinajstić information content (AvgIpc) is 2.66. The van der Waals surface area contributed by atoms with Crippen molar-refractivity contribution in [1.82, 2.24) is 5.32 Å². The summed E-state index contributed by atoms with van der Waals surface area (Å²) in [7, 11) is 1.63. The zero-order valence-electron chi connectivity index (χ0n) is 15.5. The molecule has 26 heavy (non-hydrogen) atoms. The number of methoxy groups -OCH3 is 1. The molecule has 3 rings (SSSR count). The molecule has 1 amide bonds. The molecule has 0 saturated carbocycles. The van der Waals surface area contributed by atoms with Crippen LogP contribution in [0.1, 0.15) is 31.0 Å². The van der Waals surface area contributed by atoms with Gasteiger partial charge in [-0.05, 0) is 41.3 Å². The monoisotopic (exact) mass is 355 g/mol. The normalized spacial score (nSPS) is 14.0. The molecule has 0 radical (unpaired) electrons. The second-order valence-electron chi connectivity index (χ2n) is 6.72. The van der Waals surface area contributed by atoms with E-state index < -0.39 is 0 Å². The van der Waals surface area contributed by atoms with Crippen LogP contribution < -0.4 is 19.5 Å². The summed E-state index contributed by atoms with van der Waals surface area (Å²) in [5, 5.41) is 3.15. The summed E-state index contributed by atoms with van der Waals surface area (Å²) in [6, 6.07) is 13.3. The van der Waals surface area contributed by atoms with Crippen molar-refractivity contribution in [2.45, 2.75) is 26.3 Å². The Labute approximate surface area is 154 Å². The average molecular weight is 355 g/mol. The van der Waals surface area contributed by atoms with Gasteiger partial charge in [-0.15, -0.1) is 0 Å². The van der Waals surface area contributed by atoms with Crippen molar-refractivity contribution in [3.63, 3.8) is 0 Å². The minimum absolute atomic E-state index is 0.0104. The summed E-state index contributed by atoms with van der Waals surface area (Å²) in [6.07, 6.45) is 0.331. The molecule has 0 unspecified atom stereocenters. The largest absolute Gasteiger partial charge is 0.497 e. The second kappa shape index (κ2) is 8.13. The van der Waals surface area contributed by atoms with Gasteiger partial charge in [0.05, 0.1) is 19.6 Å². The Hall–Kier alpha value is -2.69. The Balaban J connectivity index is 1.70. The van der Waals surface area contributed by atoms with E-state index >= 15 is 0 Å². The first-order chi connectivity index (χ1) is 12.6. The molecule has 5 nitrogen and oxygen atoms in total. The minimum atomic E-state index is -0.0865. The highest BCUT2D eigenvalue weighted by Crippen LogP contribution is 2.34. The van der Waals surface area contributed by atoms with Gasteiger partial charge >= 0.3 is 0 Å². The first kappa shape index (κ1) is 18.1. The van der Waals surface area contributed by atoms with Gasteiger partial charge in [0.15, 0.2) is 11.5 Å². The van der Waals surface area contributed by atoms with Crippen molar-refractivity contribution in [2.24, 2.45) is 5.92 Å². The minimum Gasteiger partial charge on any atom is -0.497 e. The molecule has 2 aromatic carbocycles. The van der Waals surface area contributed by atoms with E-state index in [0.29, 0.717) is 19.6 Å². The number of amides is 1. The molecule has 0 aliphatic carbocycles. The van der Waals surface area contributed by atoms with Crippen LogP contribution >= 0.6 is 0 Å². The van der Waals surface area contributed by atoms with E-state index in [0.717, 1.165) is 28.4 Å². The molecule has 5 heteroatoms. The van der Waals surface area contributed by atoms with Crippen LogP contribution in [0.5, 0.6) is 17.2 Å².